The van der Waals surface area contributed by atoms with Crippen LogP contribution in [0.3, 0.4) is 0 Å². The highest BCUT2D eigenvalue weighted by atomic mass is 16.6. The Morgan fingerprint density at radius 3 is 2.43 bits per heavy atom. The minimum absolute atomic E-state index is 0.0901. The molecule has 1 aromatic carbocycles. The first kappa shape index (κ1) is 15.3. The van der Waals surface area contributed by atoms with Crippen molar-refractivity contribution in [3.63, 3.8) is 0 Å². The van der Waals surface area contributed by atoms with E-state index in [9.17, 15) is 10.1 Å². The zero-order valence-corrected chi connectivity index (χ0v) is 12.1. The van der Waals surface area contributed by atoms with Crippen molar-refractivity contribution in [2.45, 2.75) is 51.1 Å². The summed E-state index contributed by atoms with van der Waals surface area (Å²) in [6.07, 6.45) is 7.39. The van der Waals surface area contributed by atoms with E-state index in [0.29, 0.717) is 18.5 Å². The summed E-state index contributed by atoms with van der Waals surface area (Å²) >= 11 is 0. The van der Waals surface area contributed by atoms with E-state index in [-0.39, 0.29) is 5.69 Å². The maximum atomic E-state index is 10.6. The highest BCUT2D eigenvalue weighted by Gasteiger charge is 2.12. The third kappa shape index (κ3) is 5.06. The van der Waals surface area contributed by atoms with E-state index in [1.807, 2.05) is 0 Å². The Morgan fingerprint density at radius 2 is 1.86 bits per heavy atom. The number of benzene rings is 1. The molecular formula is C15H22N4O2. The fraction of sp³-hybridized carbons (Fsp3) is 0.533. The first-order chi connectivity index (χ1) is 10.1. The lowest BCUT2D eigenvalue weighted by atomic mass is 10.1. The molecule has 0 unspecified atom stereocenters. The number of hydrogen-bond acceptors (Lipinski definition) is 3. The number of hydrogen-bond donors (Lipinski definition) is 2. The van der Waals surface area contributed by atoms with Crippen LogP contribution in [0.2, 0.25) is 0 Å². The summed E-state index contributed by atoms with van der Waals surface area (Å²) < 4.78 is 0. The van der Waals surface area contributed by atoms with Gasteiger partial charge in [-0.3, -0.25) is 10.1 Å². The molecule has 114 valence electrons. The topological polar surface area (TPSA) is 93.5 Å². The molecule has 1 fully saturated rings. The number of nitro benzene ring substituents is 1. The fourth-order valence-electron chi connectivity index (χ4n) is 2.58. The molecule has 6 heteroatoms. The largest absolute Gasteiger partial charge is 0.370 e. The molecule has 0 bridgehead atoms. The molecule has 0 heterocycles. The lowest BCUT2D eigenvalue weighted by molar-refractivity contribution is -0.384. The molecule has 2 rings (SSSR count). The van der Waals surface area contributed by atoms with Gasteiger partial charge in [0, 0.05) is 18.2 Å². The second kappa shape index (κ2) is 7.61. The van der Waals surface area contributed by atoms with E-state index in [4.69, 9.17) is 5.73 Å². The Hall–Kier alpha value is -2.11. The molecule has 21 heavy (non-hydrogen) atoms. The molecule has 6 nitrogen and oxygen atoms in total. The number of aliphatic imine (C=N–C) groups is 1. The summed E-state index contributed by atoms with van der Waals surface area (Å²) in [6.45, 7) is 0.434. The van der Waals surface area contributed by atoms with Gasteiger partial charge in [-0.2, -0.15) is 0 Å². The second-order valence-corrected chi connectivity index (χ2v) is 5.46. The highest BCUT2D eigenvalue weighted by Crippen LogP contribution is 2.17. The molecule has 0 saturated heterocycles. The average Bonchev–Trinajstić information content (AvgIpc) is 2.74. The second-order valence-electron chi connectivity index (χ2n) is 5.46. The maximum Gasteiger partial charge on any atom is 0.269 e. The molecule has 3 N–H and O–H groups in total. The predicted octanol–water partition coefficient (Wildman–Crippen LogP) is 2.72. The van der Waals surface area contributed by atoms with Gasteiger partial charge in [-0.15, -0.1) is 0 Å². The molecule has 0 aliphatic heterocycles. The third-order valence-corrected chi connectivity index (χ3v) is 3.79. The first-order valence-corrected chi connectivity index (χ1v) is 7.45. The van der Waals surface area contributed by atoms with Crippen LogP contribution < -0.4 is 11.1 Å². The van der Waals surface area contributed by atoms with Gasteiger partial charge >= 0.3 is 0 Å². The summed E-state index contributed by atoms with van der Waals surface area (Å²) in [5.74, 6) is 0.459. The fourth-order valence-corrected chi connectivity index (χ4v) is 2.58. The number of rotatable bonds is 4. The lowest BCUT2D eigenvalue weighted by Gasteiger charge is -2.16. The van der Waals surface area contributed by atoms with Crippen molar-refractivity contribution in [3.05, 3.63) is 39.9 Å². The summed E-state index contributed by atoms with van der Waals surface area (Å²) in [6, 6.07) is 6.81. The van der Waals surface area contributed by atoms with Crippen molar-refractivity contribution >= 4 is 11.6 Å². The first-order valence-electron chi connectivity index (χ1n) is 7.45. The van der Waals surface area contributed by atoms with Crippen LogP contribution in [0.5, 0.6) is 0 Å². The number of non-ortho nitro benzene ring substituents is 1. The van der Waals surface area contributed by atoms with Gasteiger partial charge < -0.3 is 11.1 Å². The smallest absolute Gasteiger partial charge is 0.269 e. The van der Waals surface area contributed by atoms with Crippen molar-refractivity contribution < 1.29 is 4.92 Å². The third-order valence-electron chi connectivity index (χ3n) is 3.79. The molecule has 1 aromatic rings. The van der Waals surface area contributed by atoms with Gasteiger partial charge in [0.2, 0.25) is 0 Å². The van der Waals surface area contributed by atoms with Gasteiger partial charge in [-0.25, -0.2) is 4.99 Å². The Balaban J connectivity index is 1.85. The van der Waals surface area contributed by atoms with Gasteiger partial charge in [0.1, 0.15) is 0 Å². The number of nitrogens with zero attached hydrogens (tertiary/aromatic N) is 2. The Kier molecular flexibility index (Phi) is 5.54. The monoisotopic (exact) mass is 290 g/mol. The van der Waals surface area contributed by atoms with Crippen molar-refractivity contribution in [2.24, 2.45) is 10.7 Å². The van der Waals surface area contributed by atoms with E-state index >= 15 is 0 Å². The SMILES string of the molecule is NC(=NCc1ccc([N+](=O)[O-])cc1)NC1CCCCCC1. The van der Waals surface area contributed by atoms with Crippen LogP contribution in [0.15, 0.2) is 29.3 Å². The molecule has 0 spiro atoms. The zero-order valence-electron chi connectivity index (χ0n) is 12.1. The van der Waals surface area contributed by atoms with E-state index in [1.165, 1.54) is 37.8 Å². The van der Waals surface area contributed by atoms with Crippen molar-refractivity contribution in [1.29, 1.82) is 0 Å². The summed E-state index contributed by atoms with van der Waals surface area (Å²) in [5, 5.41) is 13.9. The summed E-state index contributed by atoms with van der Waals surface area (Å²) in [4.78, 5) is 14.5. The van der Waals surface area contributed by atoms with Crippen LogP contribution in [-0.2, 0) is 6.54 Å². The van der Waals surface area contributed by atoms with E-state index in [0.717, 1.165) is 18.4 Å². The van der Waals surface area contributed by atoms with Crippen molar-refractivity contribution in [3.8, 4) is 0 Å². The van der Waals surface area contributed by atoms with Gasteiger partial charge in [-0.05, 0) is 18.4 Å². The van der Waals surface area contributed by atoms with Gasteiger partial charge in [0.15, 0.2) is 5.96 Å². The number of guanidine groups is 1. The van der Waals surface area contributed by atoms with Crippen LogP contribution >= 0.6 is 0 Å². The quantitative estimate of drug-likeness (QED) is 0.293. The molecule has 1 aliphatic rings. The molecule has 0 atom stereocenters. The predicted molar refractivity (Wildman–Crippen MR) is 83.0 cm³/mol. The van der Waals surface area contributed by atoms with Crippen LogP contribution in [0.1, 0.15) is 44.1 Å². The summed E-state index contributed by atoms with van der Waals surface area (Å²) in [5.41, 5.74) is 6.91. The number of nitrogens with two attached hydrogens (primary N) is 1. The highest BCUT2D eigenvalue weighted by molar-refractivity contribution is 5.78. The molecule has 1 saturated carbocycles. The Morgan fingerprint density at radius 1 is 1.24 bits per heavy atom. The molecule has 0 aromatic heterocycles. The maximum absolute atomic E-state index is 10.6. The molecular weight excluding hydrogens is 268 g/mol. The normalized spacial score (nSPS) is 17.2. The van der Waals surface area contributed by atoms with Crippen molar-refractivity contribution in [1.82, 2.24) is 5.32 Å². The number of nitro groups is 1. The van der Waals surface area contributed by atoms with Crippen LogP contribution in [0, 0.1) is 10.1 Å². The van der Waals surface area contributed by atoms with Crippen LogP contribution in [0.25, 0.3) is 0 Å². The average molecular weight is 290 g/mol. The minimum Gasteiger partial charge on any atom is -0.370 e. The van der Waals surface area contributed by atoms with Crippen molar-refractivity contribution in [2.75, 3.05) is 0 Å². The molecule has 0 amide bonds. The van der Waals surface area contributed by atoms with E-state index in [1.54, 1.807) is 12.1 Å². The van der Waals surface area contributed by atoms with E-state index in [2.05, 4.69) is 10.3 Å². The Bertz CT molecular complexity index is 491. The van der Waals surface area contributed by atoms with Gasteiger partial charge in [-0.1, -0.05) is 37.8 Å². The standard InChI is InChI=1S/C15H22N4O2/c16-15(18-13-5-3-1-2-4-6-13)17-11-12-7-9-14(10-8-12)19(20)21/h7-10,13H,1-6,11H2,(H3,16,17,18). The van der Waals surface area contributed by atoms with Crippen LogP contribution in [-0.4, -0.2) is 16.9 Å². The van der Waals surface area contributed by atoms with Gasteiger partial charge in [0.05, 0.1) is 11.5 Å². The minimum atomic E-state index is -0.408. The zero-order chi connectivity index (χ0) is 15.1. The number of nitrogens with one attached hydrogen (secondary N) is 1. The van der Waals surface area contributed by atoms with Crippen LogP contribution in [0.4, 0.5) is 5.69 Å². The summed E-state index contributed by atoms with van der Waals surface area (Å²) in [7, 11) is 0. The molecule has 1 aliphatic carbocycles. The lowest BCUT2D eigenvalue weighted by Crippen LogP contribution is -2.39. The van der Waals surface area contributed by atoms with E-state index < -0.39 is 4.92 Å². The Labute approximate surface area is 124 Å². The van der Waals surface area contributed by atoms with Gasteiger partial charge in [0.25, 0.3) is 5.69 Å². The molecule has 0 radical (unpaired) electrons.